The minimum atomic E-state index is -0.0952. The highest BCUT2D eigenvalue weighted by atomic mass is 32.2. The Balaban J connectivity index is 1.57. The Morgan fingerprint density at radius 1 is 1.36 bits per heavy atom. The van der Waals surface area contributed by atoms with Crippen LogP contribution in [0.2, 0.25) is 0 Å². The minimum absolute atomic E-state index is 0.0360. The summed E-state index contributed by atoms with van der Waals surface area (Å²) in [5.41, 5.74) is 2.11. The van der Waals surface area contributed by atoms with Gasteiger partial charge in [-0.2, -0.15) is 5.26 Å². The fourth-order valence-electron chi connectivity index (χ4n) is 3.57. The van der Waals surface area contributed by atoms with Crippen LogP contribution < -0.4 is 4.90 Å². The summed E-state index contributed by atoms with van der Waals surface area (Å²) in [7, 11) is 0. The van der Waals surface area contributed by atoms with Crippen LogP contribution in [0.3, 0.4) is 0 Å². The molecule has 0 saturated heterocycles. The normalized spacial score (nSPS) is 15.8. The molecule has 0 saturated carbocycles. The average molecular weight is 409 g/mol. The maximum Gasteiger partial charge on any atom is 0.238 e. The summed E-state index contributed by atoms with van der Waals surface area (Å²) >= 11 is 3.20. The highest BCUT2D eigenvalue weighted by molar-refractivity contribution is 8.00. The molecule has 7 heteroatoms. The summed E-state index contributed by atoms with van der Waals surface area (Å²) < 4.78 is 0. The molecule has 1 aromatic carbocycles. The van der Waals surface area contributed by atoms with E-state index in [1.165, 1.54) is 33.5 Å². The molecule has 0 unspecified atom stereocenters. The van der Waals surface area contributed by atoms with Crippen molar-refractivity contribution in [2.24, 2.45) is 5.92 Å². The second-order valence-electron chi connectivity index (χ2n) is 6.97. The van der Waals surface area contributed by atoms with Crippen molar-refractivity contribution in [3.63, 3.8) is 0 Å². The number of anilines is 1. The monoisotopic (exact) mass is 408 g/mol. The van der Waals surface area contributed by atoms with Gasteiger partial charge < -0.3 is 0 Å². The van der Waals surface area contributed by atoms with Crippen LogP contribution in [-0.4, -0.2) is 28.2 Å². The standard InChI is InChI=1S/C21H20N4OS2/c1-14-7-8-16-17(11-14)28-21-19(16)20(23-13-24-21)27-12-18(26)25(10-9-22)15-5-3-2-4-6-15/h2-6,13-14H,7-8,10-12H2,1H3/t14-/m0/s1. The largest absolute Gasteiger partial charge is 0.298 e. The van der Waals surface area contributed by atoms with Crippen molar-refractivity contribution < 1.29 is 4.79 Å². The molecule has 0 bridgehead atoms. The highest BCUT2D eigenvalue weighted by Crippen LogP contribution is 2.40. The number of carbonyl (C=O) groups excluding carboxylic acids is 1. The van der Waals surface area contributed by atoms with E-state index in [0.29, 0.717) is 5.92 Å². The van der Waals surface area contributed by atoms with Crippen LogP contribution in [0.4, 0.5) is 5.69 Å². The Labute approximate surface area is 172 Å². The van der Waals surface area contributed by atoms with E-state index in [0.717, 1.165) is 33.8 Å². The number of hydrogen-bond donors (Lipinski definition) is 0. The molecule has 28 heavy (non-hydrogen) atoms. The van der Waals surface area contributed by atoms with Crippen LogP contribution in [0, 0.1) is 17.2 Å². The van der Waals surface area contributed by atoms with Gasteiger partial charge in [0.1, 0.15) is 22.7 Å². The summed E-state index contributed by atoms with van der Waals surface area (Å²) in [5.74, 6) is 0.850. The van der Waals surface area contributed by atoms with E-state index in [-0.39, 0.29) is 18.2 Å². The molecule has 142 valence electrons. The van der Waals surface area contributed by atoms with E-state index in [2.05, 4.69) is 23.0 Å². The molecule has 0 radical (unpaired) electrons. The molecule has 0 fully saturated rings. The van der Waals surface area contributed by atoms with Crippen molar-refractivity contribution in [2.45, 2.75) is 31.2 Å². The number of aryl methyl sites for hydroxylation is 1. The number of aromatic nitrogens is 2. The lowest BCUT2D eigenvalue weighted by Crippen LogP contribution is -2.32. The summed E-state index contributed by atoms with van der Waals surface area (Å²) in [5, 5.41) is 11.1. The summed E-state index contributed by atoms with van der Waals surface area (Å²) in [4.78, 5) is 25.7. The Kier molecular flexibility index (Phi) is 5.60. The summed E-state index contributed by atoms with van der Waals surface area (Å²) in [6.07, 6.45) is 4.92. The summed E-state index contributed by atoms with van der Waals surface area (Å²) in [6, 6.07) is 11.4. The molecule has 5 nitrogen and oxygen atoms in total. The molecule has 1 aliphatic rings. The SMILES string of the molecule is C[C@H]1CCc2c(sc3ncnc(SCC(=O)N(CC#N)c4ccccc4)c23)C1. The molecule has 0 aliphatic heterocycles. The maximum absolute atomic E-state index is 12.8. The van der Waals surface area contributed by atoms with Gasteiger partial charge in [-0.1, -0.05) is 36.9 Å². The van der Waals surface area contributed by atoms with Crippen molar-refractivity contribution >= 4 is 44.9 Å². The zero-order valence-electron chi connectivity index (χ0n) is 15.6. The van der Waals surface area contributed by atoms with Gasteiger partial charge in [-0.15, -0.1) is 11.3 Å². The number of hydrogen-bond acceptors (Lipinski definition) is 6. The topological polar surface area (TPSA) is 69.9 Å². The van der Waals surface area contributed by atoms with Crippen LogP contribution in [0.25, 0.3) is 10.2 Å². The van der Waals surface area contributed by atoms with E-state index in [1.807, 2.05) is 30.3 Å². The van der Waals surface area contributed by atoms with E-state index >= 15 is 0 Å². The predicted molar refractivity (Wildman–Crippen MR) is 114 cm³/mol. The molecule has 2 aromatic heterocycles. The van der Waals surface area contributed by atoms with Gasteiger partial charge in [0.2, 0.25) is 5.91 Å². The number of benzene rings is 1. The number of amides is 1. The van der Waals surface area contributed by atoms with E-state index in [4.69, 9.17) is 5.26 Å². The third-order valence-electron chi connectivity index (χ3n) is 4.99. The number of fused-ring (bicyclic) bond motifs is 3. The second kappa shape index (κ2) is 8.29. The third kappa shape index (κ3) is 3.75. The zero-order chi connectivity index (χ0) is 19.5. The van der Waals surface area contributed by atoms with Crippen molar-refractivity contribution in [3.8, 4) is 6.07 Å². The zero-order valence-corrected chi connectivity index (χ0v) is 17.2. The van der Waals surface area contributed by atoms with Crippen molar-refractivity contribution in [1.29, 1.82) is 5.26 Å². The molecule has 4 rings (SSSR count). The first kappa shape index (κ1) is 18.9. The van der Waals surface area contributed by atoms with Crippen LogP contribution in [-0.2, 0) is 17.6 Å². The highest BCUT2D eigenvalue weighted by Gasteiger charge is 2.24. The number of carbonyl (C=O) groups is 1. The molecule has 1 atom stereocenters. The molecular weight excluding hydrogens is 388 g/mol. The molecule has 0 N–H and O–H groups in total. The van der Waals surface area contributed by atoms with Crippen molar-refractivity contribution in [3.05, 3.63) is 47.1 Å². The number of thiophene rings is 1. The van der Waals surface area contributed by atoms with Crippen LogP contribution in [0.5, 0.6) is 0 Å². The molecular formula is C21H20N4OS2. The fourth-order valence-corrected chi connectivity index (χ4v) is 5.88. The van der Waals surface area contributed by atoms with Crippen molar-refractivity contribution in [1.82, 2.24) is 9.97 Å². The average Bonchev–Trinajstić information content (AvgIpc) is 3.08. The lowest BCUT2D eigenvalue weighted by atomic mass is 9.89. The molecule has 1 aliphatic carbocycles. The predicted octanol–water partition coefficient (Wildman–Crippen LogP) is 4.46. The fraction of sp³-hybridized carbons (Fsp3) is 0.333. The van der Waals surface area contributed by atoms with Gasteiger partial charge >= 0.3 is 0 Å². The van der Waals surface area contributed by atoms with Gasteiger partial charge in [0, 0.05) is 16.0 Å². The van der Waals surface area contributed by atoms with E-state index < -0.39 is 0 Å². The first-order valence-electron chi connectivity index (χ1n) is 9.27. The third-order valence-corrected chi connectivity index (χ3v) is 7.12. The lowest BCUT2D eigenvalue weighted by molar-refractivity contribution is -0.116. The first-order valence-corrected chi connectivity index (χ1v) is 11.1. The summed E-state index contributed by atoms with van der Waals surface area (Å²) in [6.45, 7) is 2.33. The Hall–Kier alpha value is -2.43. The lowest BCUT2D eigenvalue weighted by Gasteiger charge is -2.20. The number of thioether (sulfide) groups is 1. The quantitative estimate of drug-likeness (QED) is 0.354. The molecule has 3 aromatic rings. The molecule has 0 spiro atoms. The smallest absolute Gasteiger partial charge is 0.238 e. The maximum atomic E-state index is 12.8. The number of para-hydroxylation sites is 1. The number of nitriles is 1. The Morgan fingerprint density at radius 2 is 2.18 bits per heavy atom. The molecule has 2 heterocycles. The first-order chi connectivity index (χ1) is 13.7. The Morgan fingerprint density at radius 3 is 2.96 bits per heavy atom. The van der Waals surface area contributed by atoms with Crippen molar-refractivity contribution in [2.75, 3.05) is 17.2 Å². The van der Waals surface area contributed by atoms with Gasteiger partial charge in [0.25, 0.3) is 0 Å². The van der Waals surface area contributed by atoms with Crippen LogP contribution >= 0.6 is 23.1 Å². The van der Waals surface area contributed by atoms with Crippen LogP contribution in [0.1, 0.15) is 23.8 Å². The van der Waals surface area contributed by atoms with Gasteiger partial charge in [0.15, 0.2) is 0 Å². The van der Waals surface area contributed by atoms with Gasteiger partial charge in [0.05, 0.1) is 11.8 Å². The van der Waals surface area contributed by atoms with E-state index in [1.54, 1.807) is 17.7 Å². The van der Waals surface area contributed by atoms with E-state index in [9.17, 15) is 4.79 Å². The van der Waals surface area contributed by atoms with Gasteiger partial charge in [-0.25, -0.2) is 9.97 Å². The van der Waals surface area contributed by atoms with Crippen LogP contribution in [0.15, 0.2) is 41.7 Å². The minimum Gasteiger partial charge on any atom is -0.298 e. The number of nitrogens with zero attached hydrogens (tertiary/aromatic N) is 4. The van der Waals surface area contributed by atoms with Gasteiger partial charge in [-0.05, 0) is 42.9 Å². The number of rotatable bonds is 5. The second-order valence-corrected chi connectivity index (χ2v) is 9.02. The molecule has 1 amide bonds. The van der Waals surface area contributed by atoms with Gasteiger partial charge in [-0.3, -0.25) is 9.69 Å². The Bertz CT molecular complexity index is 1040.